The molecule has 0 radical (unpaired) electrons. The number of nitrogens with zero attached hydrogens (tertiary/aromatic N) is 3. The van der Waals surface area contributed by atoms with Crippen molar-refractivity contribution < 1.29 is 22.7 Å². The van der Waals surface area contributed by atoms with Gasteiger partial charge in [0.1, 0.15) is 12.1 Å². The van der Waals surface area contributed by atoms with Crippen LogP contribution in [-0.4, -0.2) is 34.4 Å². The van der Waals surface area contributed by atoms with E-state index in [2.05, 4.69) is 19.7 Å². The molecule has 3 aromatic rings. The van der Waals surface area contributed by atoms with Crippen LogP contribution in [0.15, 0.2) is 60.3 Å². The normalized spacial score (nSPS) is 11.1. The lowest BCUT2D eigenvalue weighted by molar-refractivity contribution is 0.0692. The van der Waals surface area contributed by atoms with E-state index in [0.29, 0.717) is 11.1 Å². The molecular formula is C16H11FN4O4S. The van der Waals surface area contributed by atoms with Crippen molar-refractivity contribution in [3.05, 3.63) is 66.6 Å². The molecule has 0 saturated carbocycles. The number of benzene rings is 1. The van der Waals surface area contributed by atoms with Crippen LogP contribution in [0.2, 0.25) is 0 Å². The number of carbonyl (C=O) groups is 1. The molecule has 1 aromatic carbocycles. The summed E-state index contributed by atoms with van der Waals surface area (Å²) in [6, 6.07) is 5.74. The predicted molar refractivity (Wildman–Crippen MR) is 89.4 cm³/mol. The molecule has 0 atom stereocenters. The van der Waals surface area contributed by atoms with Gasteiger partial charge in [-0.2, -0.15) is 8.42 Å². The molecule has 2 aromatic heterocycles. The highest BCUT2D eigenvalue weighted by Gasteiger charge is 2.18. The van der Waals surface area contributed by atoms with Crippen LogP contribution in [0.25, 0.3) is 11.1 Å². The van der Waals surface area contributed by atoms with Gasteiger partial charge in [0.05, 0.1) is 11.3 Å². The van der Waals surface area contributed by atoms with Gasteiger partial charge in [-0.15, -0.1) is 0 Å². The largest absolute Gasteiger partial charge is 0.478 e. The maximum absolute atomic E-state index is 13.7. The Balaban J connectivity index is 1.84. The highest BCUT2D eigenvalue weighted by Crippen LogP contribution is 2.21. The zero-order valence-electron chi connectivity index (χ0n) is 13.0. The van der Waals surface area contributed by atoms with Gasteiger partial charge in [0.2, 0.25) is 0 Å². The van der Waals surface area contributed by atoms with Gasteiger partial charge in [-0.25, -0.2) is 24.1 Å². The summed E-state index contributed by atoms with van der Waals surface area (Å²) in [5, 5.41) is 8.51. The Morgan fingerprint density at radius 1 is 1.04 bits per heavy atom. The van der Waals surface area contributed by atoms with E-state index >= 15 is 0 Å². The maximum Gasteiger partial charge on any atom is 0.338 e. The first-order chi connectivity index (χ1) is 12.4. The third-order valence-electron chi connectivity index (χ3n) is 3.36. The molecule has 0 bridgehead atoms. The van der Waals surface area contributed by atoms with E-state index in [-0.39, 0.29) is 10.7 Å². The predicted octanol–water partition coefficient (Wildman–Crippen LogP) is 2.18. The van der Waals surface area contributed by atoms with E-state index in [1.165, 1.54) is 24.7 Å². The van der Waals surface area contributed by atoms with E-state index < -0.39 is 27.4 Å². The SMILES string of the molecule is O=C(O)c1ccc(NS(=O)(=O)c2ccc(-c3cncnc3)cn2)cc1F. The lowest BCUT2D eigenvalue weighted by Gasteiger charge is -2.09. The number of hydrogen-bond donors (Lipinski definition) is 2. The second-order valence-electron chi connectivity index (χ2n) is 5.12. The summed E-state index contributed by atoms with van der Waals surface area (Å²) in [4.78, 5) is 22.4. The van der Waals surface area contributed by atoms with Gasteiger partial charge >= 0.3 is 5.97 Å². The molecular weight excluding hydrogens is 363 g/mol. The number of hydrogen-bond acceptors (Lipinski definition) is 6. The minimum absolute atomic E-state index is 0.116. The average Bonchev–Trinajstić information content (AvgIpc) is 2.62. The summed E-state index contributed by atoms with van der Waals surface area (Å²) in [6.07, 6.45) is 5.84. The van der Waals surface area contributed by atoms with Crippen molar-refractivity contribution in [1.29, 1.82) is 0 Å². The molecule has 10 heteroatoms. The monoisotopic (exact) mass is 374 g/mol. The highest BCUT2D eigenvalue weighted by molar-refractivity contribution is 7.92. The maximum atomic E-state index is 13.7. The Labute approximate surface area is 147 Å². The summed E-state index contributed by atoms with van der Waals surface area (Å²) < 4.78 is 40.5. The number of nitrogens with one attached hydrogen (secondary N) is 1. The third-order valence-corrected chi connectivity index (χ3v) is 4.65. The smallest absolute Gasteiger partial charge is 0.338 e. The zero-order chi connectivity index (χ0) is 18.7. The van der Waals surface area contributed by atoms with Gasteiger partial charge in [0.25, 0.3) is 10.0 Å². The van der Waals surface area contributed by atoms with Crippen LogP contribution in [0.4, 0.5) is 10.1 Å². The van der Waals surface area contributed by atoms with Crippen LogP contribution in [0.5, 0.6) is 0 Å². The molecule has 3 rings (SSSR count). The standard InChI is InChI=1S/C16H11FN4O4S/c17-14-5-12(2-3-13(14)16(22)23)21-26(24,25)15-4-1-10(8-20-15)11-6-18-9-19-7-11/h1-9,21H,(H,22,23). The van der Waals surface area contributed by atoms with Crippen molar-refractivity contribution in [2.45, 2.75) is 5.03 Å². The molecule has 0 saturated heterocycles. The number of sulfonamides is 1. The summed E-state index contributed by atoms with van der Waals surface area (Å²) in [7, 11) is -4.07. The second kappa shape index (κ2) is 6.84. The highest BCUT2D eigenvalue weighted by atomic mass is 32.2. The van der Waals surface area contributed by atoms with Gasteiger partial charge in [0, 0.05) is 29.7 Å². The Morgan fingerprint density at radius 2 is 1.77 bits per heavy atom. The number of anilines is 1. The second-order valence-corrected chi connectivity index (χ2v) is 6.75. The number of pyridine rings is 1. The van der Waals surface area contributed by atoms with Crippen LogP contribution in [0.3, 0.4) is 0 Å². The minimum Gasteiger partial charge on any atom is -0.478 e. The van der Waals surface area contributed by atoms with E-state index in [4.69, 9.17) is 5.11 Å². The molecule has 26 heavy (non-hydrogen) atoms. The molecule has 0 aliphatic rings. The lowest BCUT2D eigenvalue weighted by atomic mass is 10.2. The van der Waals surface area contributed by atoms with Gasteiger partial charge in [-0.3, -0.25) is 4.72 Å². The molecule has 132 valence electrons. The quantitative estimate of drug-likeness (QED) is 0.702. The fourth-order valence-electron chi connectivity index (χ4n) is 2.12. The van der Waals surface area contributed by atoms with Crippen molar-refractivity contribution in [1.82, 2.24) is 15.0 Å². The van der Waals surface area contributed by atoms with Crippen molar-refractivity contribution in [3.8, 4) is 11.1 Å². The molecule has 2 N–H and O–H groups in total. The van der Waals surface area contributed by atoms with Crippen LogP contribution in [0.1, 0.15) is 10.4 Å². The van der Waals surface area contributed by atoms with Crippen molar-refractivity contribution in [3.63, 3.8) is 0 Å². The van der Waals surface area contributed by atoms with Crippen molar-refractivity contribution >= 4 is 21.7 Å². The number of carboxylic acid groups (broad SMARTS) is 1. The first kappa shape index (κ1) is 17.4. The van der Waals surface area contributed by atoms with E-state index in [0.717, 1.165) is 18.2 Å². The Hall–Kier alpha value is -3.40. The van der Waals surface area contributed by atoms with Gasteiger partial charge in [-0.05, 0) is 30.3 Å². The fourth-order valence-corrected chi connectivity index (χ4v) is 3.10. The first-order valence-electron chi connectivity index (χ1n) is 7.14. The molecule has 2 heterocycles. The van der Waals surface area contributed by atoms with E-state index in [1.807, 2.05) is 0 Å². The zero-order valence-corrected chi connectivity index (χ0v) is 13.8. The van der Waals surface area contributed by atoms with Crippen LogP contribution in [0, 0.1) is 5.82 Å². The van der Waals surface area contributed by atoms with Crippen LogP contribution in [-0.2, 0) is 10.0 Å². The van der Waals surface area contributed by atoms with Gasteiger partial charge in [-0.1, -0.05) is 0 Å². The Morgan fingerprint density at radius 3 is 2.35 bits per heavy atom. The summed E-state index contributed by atoms with van der Waals surface area (Å²) in [5.41, 5.74) is 0.625. The van der Waals surface area contributed by atoms with E-state index in [1.54, 1.807) is 12.4 Å². The number of aromatic carboxylic acids is 1. The first-order valence-corrected chi connectivity index (χ1v) is 8.62. The van der Waals surface area contributed by atoms with Crippen LogP contribution < -0.4 is 4.72 Å². The summed E-state index contributed by atoms with van der Waals surface area (Å²) in [5.74, 6) is -2.50. The number of carboxylic acids is 1. The Kier molecular flexibility index (Phi) is 4.59. The Bertz CT molecular complexity index is 1060. The molecule has 0 aliphatic carbocycles. The molecule has 0 fully saturated rings. The molecule has 8 nitrogen and oxygen atoms in total. The van der Waals surface area contributed by atoms with Crippen LogP contribution >= 0.6 is 0 Å². The number of rotatable bonds is 5. The summed E-state index contributed by atoms with van der Waals surface area (Å²) >= 11 is 0. The average molecular weight is 374 g/mol. The third kappa shape index (κ3) is 3.64. The van der Waals surface area contributed by atoms with Gasteiger partial charge < -0.3 is 5.11 Å². The van der Waals surface area contributed by atoms with Gasteiger partial charge in [0.15, 0.2) is 5.03 Å². The number of halogens is 1. The molecule has 0 unspecified atom stereocenters. The number of aromatic nitrogens is 3. The molecule has 0 amide bonds. The molecule has 0 aliphatic heterocycles. The summed E-state index contributed by atoms with van der Waals surface area (Å²) in [6.45, 7) is 0. The van der Waals surface area contributed by atoms with Crippen molar-refractivity contribution in [2.24, 2.45) is 0 Å². The fraction of sp³-hybridized carbons (Fsp3) is 0. The van der Waals surface area contributed by atoms with E-state index in [9.17, 15) is 17.6 Å². The minimum atomic E-state index is -4.07. The van der Waals surface area contributed by atoms with Crippen molar-refractivity contribution in [2.75, 3.05) is 4.72 Å². The lowest BCUT2D eigenvalue weighted by Crippen LogP contribution is -2.15. The topological polar surface area (TPSA) is 122 Å². The molecule has 0 spiro atoms.